The van der Waals surface area contributed by atoms with Crippen molar-refractivity contribution >= 4 is 0 Å². The van der Waals surface area contributed by atoms with E-state index in [0.717, 1.165) is 48.9 Å². The third-order valence-corrected chi connectivity index (χ3v) is 9.66. The molecule has 0 spiro atoms. The Labute approximate surface area is 160 Å². The maximum Gasteiger partial charge on any atom is 0.0577 e. The molecular formula is C24H40O2. The molecule has 0 aliphatic heterocycles. The molecule has 0 heterocycles. The van der Waals surface area contributed by atoms with Crippen LogP contribution in [0.5, 0.6) is 0 Å². The van der Waals surface area contributed by atoms with E-state index in [4.69, 9.17) is 0 Å². The Morgan fingerprint density at radius 2 is 1.92 bits per heavy atom. The van der Waals surface area contributed by atoms with Gasteiger partial charge in [0.2, 0.25) is 0 Å². The molecule has 4 rings (SSSR count). The molecule has 2 heteroatoms. The minimum absolute atomic E-state index is 0.0945. The Morgan fingerprint density at radius 1 is 1.12 bits per heavy atom. The van der Waals surface area contributed by atoms with Gasteiger partial charge >= 0.3 is 0 Å². The van der Waals surface area contributed by atoms with Crippen LogP contribution in [0, 0.1) is 40.4 Å². The average molecular weight is 361 g/mol. The van der Waals surface area contributed by atoms with Crippen molar-refractivity contribution in [2.24, 2.45) is 40.4 Å². The molecule has 0 amide bonds. The lowest BCUT2D eigenvalue weighted by Gasteiger charge is -2.58. The van der Waals surface area contributed by atoms with Gasteiger partial charge in [0.25, 0.3) is 0 Å². The van der Waals surface area contributed by atoms with Crippen LogP contribution in [0.25, 0.3) is 0 Å². The number of rotatable bonds is 4. The fourth-order valence-electron chi connectivity index (χ4n) is 8.23. The summed E-state index contributed by atoms with van der Waals surface area (Å²) in [6.07, 6.45) is 14.6. The van der Waals surface area contributed by atoms with E-state index in [2.05, 4.69) is 26.8 Å². The number of hydrogen-bond acceptors (Lipinski definition) is 2. The van der Waals surface area contributed by atoms with Gasteiger partial charge in [-0.25, -0.2) is 0 Å². The lowest BCUT2D eigenvalue weighted by Crippen LogP contribution is -2.50. The molecule has 0 radical (unpaired) electrons. The molecule has 3 fully saturated rings. The second kappa shape index (κ2) is 6.92. The molecular weight excluding hydrogens is 320 g/mol. The van der Waals surface area contributed by atoms with Gasteiger partial charge in [-0.2, -0.15) is 0 Å². The van der Waals surface area contributed by atoms with Crippen molar-refractivity contribution in [3.63, 3.8) is 0 Å². The van der Waals surface area contributed by atoms with E-state index in [-0.39, 0.29) is 6.10 Å². The maximum absolute atomic E-state index is 10.2. The third-order valence-electron chi connectivity index (χ3n) is 9.66. The van der Waals surface area contributed by atoms with Crippen molar-refractivity contribution in [3.8, 4) is 0 Å². The highest BCUT2D eigenvalue weighted by molar-refractivity contribution is 5.25. The van der Waals surface area contributed by atoms with Crippen molar-refractivity contribution in [2.45, 2.75) is 91.1 Å². The van der Waals surface area contributed by atoms with Crippen LogP contribution < -0.4 is 0 Å². The van der Waals surface area contributed by atoms with Crippen molar-refractivity contribution in [2.75, 3.05) is 6.61 Å². The molecule has 148 valence electrons. The normalized spacial score (nSPS) is 49.0. The number of allylic oxidation sites excluding steroid dienone is 1. The topological polar surface area (TPSA) is 40.5 Å². The first-order chi connectivity index (χ1) is 12.4. The van der Waals surface area contributed by atoms with Gasteiger partial charge in [0.15, 0.2) is 0 Å². The van der Waals surface area contributed by atoms with Crippen LogP contribution in [0.1, 0.15) is 85.0 Å². The number of fused-ring (bicyclic) bond motifs is 5. The van der Waals surface area contributed by atoms with E-state index in [0.29, 0.717) is 17.4 Å². The Morgan fingerprint density at radius 3 is 2.69 bits per heavy atom. The lowest BCUT2D eigenvalue weighted by molar-refractivity contribution is -0.0574. The summed E-state index contributed by atoms with van der Waals surface area (Å²) in [6, 6.07) is 0. The molecule has 0 aromatic carbocycles. The monoisotopic (exact) mass is 360 g/mol. The van der Waals surface area contributed by atoms with Gasteiger partial charge in [-0.05, 0) is 105 Å². The molecule has 4 aliphatic carbocycles. The van der Waals surface area contributed by atoms with E-state index in [9.17, 15) is 10.2 Å². The standard InChI is InChI=1S/C24H40O2/c1-16(5-4-14-25)20-8-9-21-19-7-6-17-15-18(26)10-12-23(17,2)22(19)11-13-24(20,21)3/h6,16,18-22,25-26H,4-5,7-15H2,1-3H3/t16-,18-,19-,20+,21-,22-,23-,24+/m0/s1. The Kier molecular flexibility index (Phi) is 5.06. The van der Waals surface area contributed by atoms with Crippen molar-refractivity contribution in [1.82, 2.24) is 0 Å². The van der Waals surface area contributed by atoms with E-state index >= 15 is 0 Å². The van der Waals surface area contributed by atoms with Crippen LogP contribution in [0.4, 0.5) is 0 Å². The molecule has 2 N–H and O–H groups in total. The van der Waals surface area contributed by atoms with Crippen LogP contribution in [0.3, 0.4) is 0 Å². The minimum atomic E-state index is -0.0945. The molecule has 0 aromatic rings. The van der Waals surface area contributed by atoms with Gasteiger partial charge in [-0.1, -0.05) is 32.4 Å². The van der Waals surface area contributed by atoms with Gasteiger partial charge in [0.05, 0.1) is 6.10 Å². The number of aliphatic hydroxyl groups is 2. The van der Waals surface area contributed by atoms with Crippen LogP contribution >= 0.6 is 0 Å². The molecule has 0 saturated heterocycles. The fourth-order valence-corrected chi connectivity index (χ4v) is 8.23. The Hall–Kier alpha value is -0.340. The summed E-state index contributed by atoms with van der Waals surface area (Å²) in [4.78, 5) is 0. The first kappa shape index (κ1) is 19.0. The molecule has 8 atom stereocenters. The summed E-state index contributed by atoms with van der Waals surface area (Å²) in [6.45, 7) is 7.94. The van der Waals surface area contributed by atoms with Gasteiger partial charge in [-0.15, -0.1) is 0 Å². The SMILES string of the molecule is C[C@@H](CCCO)[C@H]1CC[C@H]2[C@@H]3CC=C4C[C@@H](O)CC[C@]4(C)[C@H]3CC[C@]12C. The van der Waals surface area contributed by atoms with Crippen LogP contribution in [-0.4, -0.2) is 22.9 Å². The van der Waals surface area contributed by atoms with E-state index in [1.165, 1.54) is 44.9 Å². The van der Waals surface area contributed by atoms with Gasteiger partial charge in [0.1, 0.15) is 0 Å². The summed E-state index contributed by atoms with van der Waals surface area (Å²) < 4.78 is 0. The first-order valence-electron chi connectivity index (χ1n) is 11.4. The Bertz CT molecular complexity index is 554. The van der Waals surface area contributed by atoms with Crippen LogP contribution in [0.15, 0.2) is 11.6 Å². The highest BCUT2D eigenvalue weighted by Crippen LogP contribution is 2.67. The number of aliphatic hydroxyl groups excluding tert-OH is 2. The quantitative estimate of drug-likeness (QED) is 0.665. The molecule has 0 aromatic heterocycles. The Balaban J connectivity index is 1.56. The van der Waals surface area contributed by atoms with Crippen molar-refractivity contribution in [1.29, 1.82) is 0 Å². The number of hydrogen-bond donors (Lipinski definition) is 2. The van der Waals surface area contributed by atoms with Crippen molar-refractivity contribution < 1.29 is 10.2 Å². The zero-order valence-electron chi connectivity index (χ0n) is 17.2. The molecule has 26 heavy (non-hydrogen) atoms. The molecule has 0 bridgehead atoms. The summed E-state index contributed by atoms with van der Waals surface area (Å²) >= 11 is 0. The summed E-state index contributed by atoms with van der Waals surface area (Å²) in [7, 11) is 0. The van der Waals surface area contributed by atoms with Crippen LogP contribution in [0.2, 0.25) is 0 Å². The second-order valence-corrected chi connectivity index (χ2v) is 10.7. The van der Waals surface area contributed by atoms with Gasteiger partial charge in [-0.3, -0.25) is 0 Å². The lowest BCUT2D eigenvalue weighted by atomic mass is 9.47. The zero-order chi connectivity index (χ0) is 18.5. The highest BCUT2D eigenvalue weighted by Gasteiger charge is 2.58. The summed E-state index contributed by atoms with van der Waals surface area (Å²) in [5.74, 6) is 4.21. The molecule has 2 nitrogen and oxygen atoms in total. The second-order valence-electron chi connectivity index (χ2n) is 10.7. The van der Waals surface area contributed by atoms with Gasteiger partial charge in [0, 0.05) is 6.61 Å². The van der Waals surface area contributed by atoms with Gasteiger partial charge < -0.3 is 10.2 Å². The van der Waals surface area contributed by atoms with Crippen molar-refractivity contribution in [3.05, 3.63) is 11.6 Å². The first-order valence-corrected chi connectivity index (χ1v) is 11.4. The maximum atomic E-state index is 10.2. The smallest absolute Gasteiger partial charge is 0.0577 e. The average Bonchev–Trinajstić information content (AvgIpc) is 2.97. The summed E-state index contributed by atoms with van der Waals surface area (Å²) in [5, 5.41) is 19.4. The predicted molar refractivity (Wildman–Crippen MR) is 107 cm³/mol. The third kappa shape index (κ3) is 2.82. The fraction of sp³-hybridized carbons (Fsp3) is 0.917. The molecule has 4 aliphatic rings. The largest absolute Gasteiger partial charge is 0.396 e. The molecule has 0 unspecified atom stereocenters. The van der Waals surface area contributed by atoms with E-state index in [1.54, 1.807) is 5.57 Å². The predicted octanol–water partition coefficient (Wildman–Crippen LogP) is 5.33. The van der Waals surface area contributed by atoms with Crippen LogP contribution in [-0.2, 0) is 0 Å². The zero-order valence-corrected chi connectivity index (χ0v) is 17.2. The highest BCUT2D eigenvalue weighted by atomic mass is 16.3. The molecule has 3 saturated carbocycles. The van der Waals surface area contributed by atoms with E-state index in [1.807, 2.05) is 0 Å². The minimum Gasteiger partial charge on any atom is -0.396 e. The summed E-state index contributed by atoms with van der Waals surface area (Å²) in [5.41, 5.74) is 2.47. The van der Waals surface area contributed by atoms with E-state index < -0.39 is 0 Å².